The molecule has 4 heterocycles. The van der Waals surface area contributed by atoms with E-state index in [9.17, 15) is 9.59 Å². The predicted molar refractivity (Wildman–Crippen MR) is 89.9 cm³/mol. The van der Waals surface area contributed by atoms with Crippen LogP contribution in [0.4, 0.5) is 0 Å². The first kappa shape index (κ1) is 14.5. The molecule has 8 nitrogen and oxygen atoms in total. The zero-order chi connectivity index (χ0) is 16.7. The summed E-state index contributed by atoms with van der Waals surface area (Å²) in [6.45, 7) is 0.183. The normalized spacial score (nSPS) is 11.2. The standard InChI is InChI=1S/C15H12N6O2S/c1-21(7-11-17-9-4-5-24-12(9)14(22)19-11)15(23)10-3-2-8-6-16-20-13(8)18-10/h2-6H,7H2,1H3,(H,16,18,20)(H,17,19,22). The van der Waals surface area contributed by atoms with Gasteiger partial charge in [0, 0.05) is 12.4 Å². The Balaban J connectivity index is 1.60. The van der Waals surface area contributed by atoms with Crippen LogP contribution >= 0.6 is 11.3 Å². The molecule has 4 aromatic heterocycles. The molecule has 1 amide bonds. The minimum atomic E-state index is -0.264. The van der Waals surface area contributed by atoms with Gasteiger partial charge in [0.1, 0.15) is 16.2 Å². The second-order valence-electron chi connectivity index (χ2n) is 5.31. The van der Waals surface area contributed by atoms with Gasteiger partial charge >= 0.3 is 0 Å². The third kappa shape index (κ3) is 2.44. The van der Waals surface area contributed by atoms with Crippen LogP contribution in [0.2, 0.25) is 0 Å². The SMILES string of the molecule is CN(Cc1nc2ccsc2c(=O)[nH]1)C(=O)c1ccc2cn[nH]c2n1. The number of nitrogens with zero attached hydrogens (tertiary/aromatic N) is 4. The lowest BCUT2D eigenvalue weighted by Gasteiger charge is -2.16. The highest BCUT2D eigenvalue weighted by Gasteiger charge is 2.16. The largest absolute Gasteiger partial charge is 0.333 e. The van der Waals surface area contributed by atoms with Gasteiger partial charge in [0.2, 0.25) is 0 Å². The first-order chi connectivity index (χ1) is 11.6. The van der Waals surface area contributed by atoms with Crippen molar-refractivity contribution in [3.05, 3.63) is 51.6 Å². The molecule has 2 N–H and O–H groups in total. The quantitative estimate of drug-likeness (QED) is 0.588. The monoisotopic (exact) mass is 340 g/mol. The van der Waals surface area contributed by atoms with Gasteiger partial charge in [-0.05, 0) is 23.6 Å². The highest BCUT2D eigenvalue weighted by molar-refractivity contribution is 7.17. The van der Waals surface area contributed by atoms with E-state index in [1.54, 1.807) is 31.4 Å². The van der Waals surface area contributed by atoms with Crippen molar-refractivity contribution in [2.45, 2.75) is 6.54 Å². The molecule has 0 bridgehead atoms. The van der Waals surface area contributed by atoms with Crippen molar-refractivity contribution in [2.75, 3.05) is 7.05 Å². The Morgan fingerprint density at radius 2 is 2.17 bits per heavy atom. The number of amides is 1. The third-order valence-corrected chi connectivity index (χ3v) is 4.52. The van der Waals surface area contributed by atoms with E-state index < -0.39 is 0 Å². The van der Waals surface area contributed by atoms with E-state index in [1.165, 1.54) is 16.2 Å². The van der Waals surface area contributed by atoms with Crippen LogP contribution in [0.1, 0.15) is 16.3 Å². The molecule has 0 aliphatic rings. The summed E-state index contributed by atoms with van der Waals surface area (Å²) in [5.74, 6) is 0.170. The fourth-order valence-corrected chi connectivity index (χ4v) is 3.16. The summed E-state index contributed by atoms with van der Waals surface area (Å²) in [5.41, 5.74) is 1.30. The van der Waals surface area contributed by atoms with E-state index in [0.29, 0.717) is 27.4 Å². The minimum absolute atomic E-state index is 0.183. The van der Waals surface area contributed by atoms with Crippen LogP contribution in [0, 0.1) is 0 Å². The van der Waals surface area contributed by atoms with Gasteiger partial charge in [-0.25, -0.2) is 9.97 Å². The van der Waals surface area contributed by atoms with Crippen LogP contribution in [0.25, 0.3) is 21.3 Å². The van der Waals surface area contributed by atoms with Crippen molar-refractivity contribution in [1.29, 1.82) is 0 Å². The summed E-state index contributed by atoms with van der Waals surface area (Å²) < 4.78 is 0.582. The van der Waals surface area contributed by atoms with Gasteiger partial charge in [0.25, 0.3) is 11.5 Å². The van der Waals surface area contributed by atoms with E-state index in [1.807, 2.05) is 5.38 Å². The lowest BCUT2D eigenvalue weighted by molar-refractivity contribution is 0.0776. The molecule has 4 aromatic rings. The maximum absolute atomic E-state index is 12.5. The smallest absolute Gasteiger partial charge is 0.272 e. The maximum Gasteiger partial charge on any atom is 0.272 e. The molecule has 0 aliphatic heterocycles. The molecule has 0 spiro atoms. The van der Waals surface area contributed by atoms with Gasteiger partial charge in [0.15, 0.2) is 5.65 Å². The molecule has 4 rings (SSSR count). The zero-order valence-corrected chi connectivity index (χ0v) is 13.4. The zero-order valence-electron chi connectivity index (χ0n) is 12.6. The molecule has 0 atom stereocenters. The fourth-order valence-electron chi connectivity index (χ4n) is 2.43. The number of fused-ring (bicyclic) bond motifs is 2. The van der Waals surface area contributed by atoms with Gasteiger partial charge in [-0.1, -0.05) is 0 Å². The molecular formula is C15H12N6O2S. The van der Waals surface area contributed by atoms with Crippen LogP contribution in [0.15, 0.2) is 34.6 Å². The highest BCUT2D eigenvalue weighted by atomic mass is 32.1. The van der Waals surface area contributed by atoms with E-state index in [0.717, 1.165) is 5.39 Å². The lowest BCUT2D eigenvalue weighted by Crippen LogP contribution is -2.28. The van der Waals surface area contributed by atoms with Gasteiger partial charge in [-0.15, -0.1) is 11.3 Å². The molecule has 0 aromatic carbocycles. The van der Waals surface area contributed by atoms with Gasteiger partial charge in [0.05, 0.1) is 18.3 Å². The van der Waals surface area contributed by atoms with Gasteiger partial charge < -0.3 is 9.88 Å². The molecule has 0 fully saturated rings. The van der Waals surface area contributed by atoms with Crippen LogP contribution in [0.5, 0.6) is 0 Å². The number of aromatic nitrogens is 5. The number of nitrogens with one attached hydrogen (secondary N) is 2. The van der Waals surface area contributed by atoms with Crippen molar-refractivity contribution in [3.8, 4) is 0 Å². The van der Waals surface area contributed by atoms with Crippen molar-refractivity contribution >= 4 is 38.5 Å². The molecule has 0 radical (unpaired) electrons. The van der Waals surface area contributed by atoms with Crippen molar-refractivity contribution in [3.63, 3.8) is 0 Å². The second kappa shape index (κ2) is 5.53. The van der Waals surface area contributed by atoms with E-state index in [-0.39, 0.29) is 18.0 Å². The molecule has 0 aliphatic carbocycles. The number of H-pyrrole nitrogens is 2. The minimum Gasteiger partial charge on any atom is -0.333 e. The molecule has 24 heavy (non-hydrogen) atoms. The number of thiophene rings is 1. The first-order valence-electron chi connectivity index (χ1n) is 7.14. The lowest BCUT2D eigenvalue weighted by atomic mass is 10.2. The molecular weight excluding hydrogens is 328 g/mol. The summed E-state index contributed by atoms with van der Waals surface area (Å²) in [7, 11) is 1.64. The molecule has 0 saturated carbocycles. The van der Waals surface area contributed by atoms with Gasteiger partial charge in [-0.3, -0.25) is 14.7 Å². The van der Waals surface area contributed by atoms with Crippen molar-refractivity contribution in [1.82, 2.24) is 30.0 Å². The average molecular weight is 340 g/mol. The number of aromatic amines is 2. The number of rotatable bonds is 3. The number of carbonyl (C=O) groups is 1. The van der Waals surface area contributed by atoms with E-state index in [2.05, 4.69) is 25.1 Å². The summed E-state index contributed by atoms with van der Waals surface area (Å²) in [6.07, 6.45) is 1.64. The topological polar surface area (TPSA) is 108 Å². The first-order valence-corrected chi connectivity index (χ1v) is 8.02. The van der Waals surface area contributed by atoms with Crippen LogP contribution < -0.4 is 5.56 Å². The second-order valence-corrected chi connectivity index (χ2v) is 6.23. The Labute approximate surface area is 139 Å². The predicted octanol–water partition coefficient (Wildman–Crippen LogP) is 1.53. The Hall–Kier alpha value is -3.07. The van der Waals surface area contributed by atoms with E-state index >= 15 is 0 Å². The van der Waals surface area contributed by atoms with Crippen LogP contribution in [-0.2, 0) is 6.54 Å². The number of pyridine rings is 1. The fraction of sp³-hybridized carbons (Fsp3) is 0.133. The molecule has 9 heteroatoms. The van der Waals surface area contributed by atoms with E-state index in [4.69, 9.17) is 0 Å². The summed E-state index contributed by atoms with van der Waals surface area (Å²) in [6, 6.07) is 5.22. The summed E-state index contributed by atoms with van der Waals surface area (Å²) >= 11 is 1.34. The van der Waals surface area contributed by atoms with Gasteiger partial charge in [-0.2, -0.15) is 5.10 Å². The van der Waals surface area contributed by atoms with Crippen molar-refractivity contribution < 1.29 is 4.79 Å². The van der Waals surface area contributed by atoms with Crippen LogP contribution in [-0.4, -0.2) is 43.0 Å². The Morgan fingerprint density at radius 3 is 3.04 bits per heavy atom. The number of carbonyl (C=O) groups excluding carboxylic acids is 1. The Morgan fingerprint density at radius 1 is 1.29 bits per heavy atom. The molecule has 0 unspecified atom stereocenters. The Bertz CT molecular complexity index is 1110. The molecule has 120 valence electrons. The summed E-state index contributed by atoms with van der Waals surface area (Å²) in [5, 5.41) is 9.28. The Kier molecular flexibility index (Phi) is 3.35. The third-order valence-electron chi connectivity index (χ3n) is 3.62. The average Bonchev–Trinajstić information content (AvgIpc) is 3.22. The van der Waals surface area contributed by atoms with Crippen molar-refractivity contribution in [2.24, 2.45) is 0 Å². The van der Waals surface area contributed by atoms with Crippen LogP contribution in [0.3, 0.4) is 0 Å². The number of hydrogen-bond donors (Lipinski definition) is 2. The number of hydrogen-bond acceptors (Lipinski definition) is 6. The summed E-state index contributed by atoms with van der Waals surface area (Å²) in [4.78, 5) is 37.3. The maximum atomic E-state index is 12.5. The molecule has 0 saturated heterocycles. The highest BCUT2D eigenvalue weighted by Crippen LogP contribution is 2.15.